The van der Waals surface area contributed by atoms with Crippen molar-refractivity contribution in [2.24, 2.45) is 0 Å². The van der Waals surface area contributed by atoms with Crippen LogP contribution in [0.3, 0.4) is 0 Å². The smallest absolute Gasteiger partial charge is 1.00 e. The van der Waals surface area contributed by atoms with E-state index in [-0.39, 0.29) is 78.3 Å². The molecule has 0 aliphatic carbocycles. The SMILES string of the molecule is [Cl-].[Cl-].[Mg+2].[OH-].[OH-].[Zn+2]. The maximum atomic E-state index is 0. The van der Waals surface area contributed by atoms with Gasteiger partial charge in [-0.05, 0) is 0 Å². The molecule has 0 radical (unpaired) electrons. The van der Waals surface area contributed by atoms with Crippen molar-refractivity contribution in [2.45, 2.75) is 0 Å². The van der Waals surface area contributed by atoms with Crippen LogP contribution >= 0.6 is 0 Å². The Kier molecular flexibility index (Phi) is 1170. The van der Waals surface area contributed by atoms with Crippen LogP contribution in [-0.2, 0) is 19.5 Å². The summed E-state index contributed by atoms with van der Waals surface area (Å²) in [6.45, 7) is 0. The van der Waals surface area contributed by atoms with Crippen LogP contribution in [0.2, 0.25) is 0 Å². The van der Waals surface area contributed by atoms with Gasteiger partial charge in [0.2, 0.25) is 0 Å². The Bertz CT molecular complexity index is 11.5. The second-order valence-electron chi connectivity index (χ2n) is 0. The molecule has 0 amide bonds. The maximum absolute atomic E-state index is 0. The summed E-state index contributed by atoms with van der Waals surface area (Å²) in [5.41, 5.74) is 0. The largest absolute Gasteiger partial charge is 2.00 e. The molecule has 0 aliphatic heterocycles. The van der Waals surface area contributed by atoms with Crippen LogP contribution in [0.5, 0.6) is 0 Å². The predicted molar refractivity (Wildman–Crippen MR) is 9.63 cm³/mol. The normalized spacial score (nSPS) is 0. The third-order valence-electron chi connectivity index (χ3n) is 0. The van der Waals surface area contributed by atoms with E-state index >= 15 is 0 Å². The fraction of sp³-hybridized carbons (Fsp3) is 0. The average Bonchev–Trinajstić information content (AvgIpc) is 0. The van der Waals surface area contributed by atoms with Gasteiger partial charge < -0.3 is 35.8 Å². The minimum absolute atomic E-state index is 0. The summed E-state index contributed by atoms with van der Waals surface area (Å²) in [6.07, 6.45) is 0. The molecule has 32 valence electrons. The van der Waals surface area contributed by atoms with Gasteiger partial charge in [0.25, 0.3) is 0 Å². The van der Waals surface area contributed by atoms with Gasteiger partial charge in [0.1, 0.15) is 0 Å². The van der Waals surface area contributed by atoms with Gasteiger partial charge in [0.15, 0.2) is 0 Å². The molecule has 0 aromatic carbocycles. The second kappa shape index (κ2) is 66.9. The van der Waals surface area contributed by atoms with Crippen LogP contribution in [0.4, 0.5) is 0 Å². The first kappa shape index (κ1) is 105. The number of hydrogen-bond acceptors (Lipinski definition) is 2. The first-order chi connectivity index (χ1) is 0. The molecule has 0 heterocycles. The third kappa shape index (κ3) is 39.4. The van der Waals surface area contributed by atoms with Gasteiger partial charge in [0.05, 0.1) is 0 Å². The third-order valence-corrected chi connectivity index (χ3v) is 0. The molecule has 0 aromatic rings. The molecule has 0 fully saturated rings. The Morgan fingerprint density at radius 1 is 0.667 bits per heavy atom. The minimum Gasteiger partial charge on any atom is -1.00 e. The Labute approximate surface area is 77.8 Å². The first-order valence-electron chi connectivity index (χ1n) is 0. The summed E-state index contributed by atoms with van der Waals surface area (Å²) in [6, 6.07) is 0. The number of halogens is 2. The van der Waals surface area contributed by atoms with E-state index in [0.717, 1.165) is 0 Å². The Morgan fingerprint density at radius 3 is 0.667 bits per heavy atom. The van der Waals surface area contributed by atoms with Gasteiger partial charge in [-0.1, -0.05) is 0 Å². The maximum Gasteiger partial charge on any atom is 2.00 e. The van der Waals surface area contributed by atoms with E-state index in [1.165, 1.54) is 0 Å². The number of rotatable bonds is 0. The monoisotopic (exact) mass is 192 g/mol. The zero-order chi connectivity index (χ0) is 0. The zero-order valence-corrected chi connectivity index (χ0v) is 8.96. The van der Waals surface area contributed by atoms with E-state index in [2.05, 4.69) is 0 Å². The Morgan fingerprint density at radius 2 is 0.667 bits per heavy atom. The van der Waals surface area contributed by atoms with E-state index in [1.807, 2.05) is 0 Å². The molecule has 0 aliphatic rings. The van der Waals surface area contributed by atoms with Crippen molar-refractivity contribution in [2.75, 3.05) is 0 Å². The van der Waals surface area contributed by atoms with Crippen molar-refractivity contribution in [3.05, 3.63) is 0 Å². The molecule has 6 heteroatoms. The summed E-state index contributed by atoms with van der Waals surface area (Å²) in [7, 11) is 0. The van der Waals surface area contributed by atoms with Gasteiger partial charge in [-0.2, -0.15) is 0 Å². The first-order valence-corrected chi connectivity index (χ1v) is 0. The van der Waals surface area contributed by atoms with Gasteiger partial charge in [-0.25, -0.2) is 0 Å². The van der Waals surface area contributed by atoms with Crippen molar-refractivity contribution in [1.29, 1.82) is 0 Å². The predicted octanol–water partition coefficient (Wildman–Crippen LogP) is -6.73. The summed E-state index contributed by atoms with van der Waals surface area (Å²) in [4.78, 5) is 0. The van der Waals surface area contributed by atoms with Crippen molar-refractivity contribution >= 4 is 23.1 Å². The molecule has 0 unspecified atom stereocenters. The van der Waals surface area contributed by atoms with E-state index in [9.17, 15) is 0 Å². The molecular weight excluding hydrogens is 193 g/mol. The molecular formula is H2Cl2MgO2Zn. The van der Waals surface area contributed by atoms with Crippen molar-refractivity contribution < 1.29 is 55.2 Å². The van der Waals surface area contributed by atoms with Crippen LogP contribution in [0.25, 0.3) is 0 Å². The average molecular weight is 195 g/mol. The van der Waals surface area contributed by atoms with Gasteiger partial charge in [-0.15, -0.1) is 0 Å². The summed E-state index contributed by atoms with van der Waals surface area (Å²) in [5.74, 6) is 0. The minimum atomic E-state index is 0. The number of hydrogen-bond donors (Lipinski definition) is 0. The van der Waals surface area contributed by atoms with E-state index in [4.69, 9.17) is 0 Å². The molecule has 0 saturated carbocycles. The Balaban J connectivity index is 0. The zero-order valence-electron chi connectivity index (χ0n) is 3.06. The van der Waals surface area contributed by atoms with E-state index in [0.29, 0.717) is 0 Å². The Hall–Kier alpha value is 1.89. The van der Waals surface area contributed by atoms with Crippen LogP contribution in [0.15, 0.2) is 0 Å². The van der Waals surface area contributed by atoms with Crippen LogP contribution < -0.4 is 24.8 Å². The second-order valence-corrected chi connectivity index (χ2v) is 0. The summed E-state index contributed by atoms with van der Waals surface area (Å²) in [5, 5.41) is 0. The molecule has 2 nitrogen and oxygen atoms in total. The van der Waals surface area contributed by atoms with Crippen LogP contribution in [0.1, 0.15) is 0 Å². The van der Waals surface area contributed by atoms with Gasteiger partial charge in [0, 0.05) is 0 Å². The van der Waals surface area contributed by atoms with Crippen LogP contribution in [-0.4, -0.2) is 34.0 Å². The van der Waals surface area contributed by atoms with E-state index in [1.54, 1.807) is 0 Å². The molecule has 6 heavy (non-hydrogen) atoms. The standard InChI is InChI=1S/2ClH.Mg.2H2O.Zn/h2*1H;;2*1H2;/q;;+2;;;+2/p-4. The summed E-state index contributed by atoms with van der Waals surface area (Å²) < 4.78 is 0. The molecule has 0 rings (SSSR count). The molecule has 0 spiro atoms. The molecule has 0 atom stereocenters. The topological polar surface area (TPSA) is 60.0 Å². The quantitative estimate of drug-likeness (QED) is 0.360. The van der Waals surface area contributed by atoms with Crippen LogP contribution in [0, 0.1) is 0 Å². The van der Waals surface area contributed by atoms with Gasteiger partial charge >= 0.3 is 42.5 Å². The van der Waals surface area contributed by atoms with E-state index < -0.39 is 0 Å². The molecule has 2 N–H and O–H groups in total. The van der Waals surface area contributed by atoms with Crippen molar-refractivity contribution in [3.63, 3.8) is 0 Å². The van der Waals surface area contributed by atoms with Crippen molar-refractivity contribution in [1.82, 2.24) is 0 Å². The summed E-state index contributed by atoms with van der Waals surface area (Å²) >= 11 is 0. The molecule has 0 aromatic heterocycles. The molecule has 0 bridgehead atoms. The fourth-order valence-corrected chi connectivity index (χ4v) is 0. The van der Waals surface area contributed by atoms with Crippen molar-refractivity contribution in [3.8, 4) is 0 Å². The van der Waals surface area contributed by atoms with Gasteiger partial charge in [-0.3, -0.25) is 0 Å². The molecule has 0 saturated heterocycles. The fourth-order valence-electron chi connectivity index (χ4n) is 0.